The zero-order valence-electron chi connectivity index (χ0n) is 29.0. The summed E-state index contributed by atoms with van der Waals surface area (Å²) in [6.45, 7) is 4.60. The fraction of sp³-hybridized carbons (Fsp3) is 0.106. The van der Waals surface area contributed by atoms with Gasteiger partial charge in [-0.25, -0.2) is 9.97 Å². The topological polar surface area (TPSA) is 73.4 Å². The van der Waals surface area contributed by atoms with Crippen molar-refractivity contribution in [3.05, 3.63) is 168 Å². The van der Waals surface area contributed by atoms with E-state index in [0.717, 1.165) is 63.2 Å². The largest absolute Gasteiger partial charge is 0.228 e. The number of rotatable bonds is 7. The average molecular weight is 687 g/mol. The summed E-state index contributed by atoms with van der Waals surface area (Å²) in [4.78, 5) is 13.1. The summed E-state index contributed by atoms with van der Waals surface area (Å²) in [5.41, 5.74) is 12.7. The lowest BCUT2D eigenvalue weighted by Gasteiger charge is -2.39. The first kappa shape index (κ1) is 32.9. The minimum absolute atomic E-state index is 0.0866. The molecule has 0 saturated carbocycles. The number of nitriles is 2. The predicted octanol–water partition coefficient (Wildman–Crippen LogP) is 12.1. The van der Waals surface area contributed by atoms with Crippen LogP contribution >= 0.6 is 11.8 Å². The van der Waals surface area contributed by atoms with Crippen LogP contribution in [-0.2, 0) is 5.41 Å². The fourth-order valence-electron chi connectivity index (χ4n) is 7.42. The fourth-order valence-corrected chi connectivity index (χ4v) is 8.68. The van der Waals surface area contributed by atoms with E-state index in [1.54, 1.807) is 0 Å². The standard InChI is InChI=1S/C47H34N4S/c1-3-47(4-2)40-13-5-6-14-44(40)52-45-24-23-38(27-41(45)47)43-28-42(37-11-7-9-35(25-37)33-19-15-31(29-48)16-20-33)50-46(51-43)39-12-8-10-36(26-39)34-21-17-32(30-49)18-22-34/h5-28H,3-4H2,1-2H3. The number of hydrogen-bond donors (Lipinski definition) is 0. The van der Waals surface area contributed by atoms with Crippen molar-refractivity contribution in [3.8, 4) is 68.3 Å². The average Bonchev–Trinajstić information content (AvgIpc) is 3.22. The van der Waals surface area contributed by atoms with E-state index in [0.29, 0.717) is 17.0 Å². The van der Waals surface area contributed by atoms with Crippen molar-refractivity contribution < 1.29 is 0 Å². The maximum Gasteiger partial charge on any atom is 0.160 e. The Balaban J connectivity index is 1.28. The molecule has 0 amide bonds. The van der Waals surface area contributed by atoms with Crippen LogP contribution in [0.2, 0.25) is 0 Å². The molecule has 6 aromatic carbocycles. The molecule has 0 saturated heterocycles. The molecule has 0 fully saturated rings. The smallest absolute Gasteiger partial charge is 0.160 e. The van der Waals surface area contributed by atoms with E-state index >= 15 is 0 Å². The zero-order valence-corrected chi connectivity index (χ0v) is 29.8. The van der Waals surface area contributed by atoms with Crippen LogP contribution in [0.5, 0.6) is 0 Å². The molecule has 52 heavy (non-hydrogen) atoms. The minimum Gasteiger partial charge on any atom is -0.228 e. The highest BCUT2D eigenvalue weighted by Crippen LogP contribution is 2.53. The van der Waals surface area contributed by atoms with Gasteiger partial charge in [0.2, 0.25) is 0 Å². The lowest BCUT2D eigenvalue weighted by molar-refractivity contribution is 0.459. The molecular weight excluding hydrogens is 653 g/mol. The molecule has 0 bridgehead atoms. The first-order chi connectivity index (χ1) is 25.5. The van der Waals surface area contributed by atoms with Crippen LogP contribution in [0, 0.1) is 22.7 Å². The van der Waals surface area contributed by atoms with Crippen molar-refractivity contribution in [3.63, 3.8) is 0 Å². The van der Waals surface area contributed by atoms with Gasteiger partial charge in [-0.3, -0.25) is 0 Å². The monoisotopic (exact) mass is 686 g/mol. The third-order valence-corrected chi connectivity index (χ3v) is 11.5. The molecule has 0 aliphatic carbocycles. The molecular formula is C47H34N4S. The lowest BCUT2D eigenvalue weighted by atomic mass is 9.70. The van der Waals surface area contributed by atoms with Gasteiger partial charge in [0.15, 0.2) is 5.82 Å². The second-order valence-corrected chi connectivity index (χ2v) is 14.2. The number of aromatic nitrogens is 2. The highest BCUT2D eigenvalue weighted by molar-refractivity contribution is 7.99. The van der Waals surface area contributed by atoms with E-state index in [-0.39, 0.29) is 5.41 Å². The number of hydrogen-bond acceptors (Lipinski definition) is 5. The summed E-state index contributed by atoms with van der Waals surface area (Å²) in [6, 6.07) is 54.2. The molecule has 4 nitrogen and oxygen atoms in total. The Morgan fingerprint density at radius 2 is 0.981 bits per heavy atom. The predicted molar refractivity (Wildman–Crippen MR) is 211 cm³/mol. The molecule has 7 aromatic rings. The maximum absolute atomic E-state index is 9.32. The van der Waals surface area contributed by atoms with Gasteiger partial charge in [-0.15, -0.1) is 0 Å². The summed E-state index contributed by atoms with van der Waals surface area (Å²) in [7, 11) is 0. The van der Waals surface area contributed by atoms with Crippen LogP contribution in [0.3, 0.4) is 0 Å². The zero-order chi connectivity index (χ0) is 35.7. The third-order valence-electron chi connectivity index (χ3n) is 10.3. The molecule has 248 valence electrons. The summed E-state index contributed by atoms with van der Waals surface area (Å²) < 4.78 is 0. The number of nitrogens with zero attached hydrogens (tertiary/aromatic N) is 4. The van der Waals surface area contributed by atoms with Crippen LogP contribution < -0.4 is 0 Å². The second kappa shape index (κ2) is 13.8. The Morgan fingerprint density at radius 3 is 1.58 bits per heavy atom. The van der Waals surface area contributed by atoms with Gasteiger partial charge >= 0.3 is 0 Å². The van der Waals surface area contributed by atoms with Crippen molar-refractivity contribution in [2.24, 2.45) is 0 Å². The molecule has 1 aliphatic rings. The summed E-state index contributed by atoms with van der Waals surface area (Å²) in [5.74, 6) is 0.640. The molecule has 0 N–H and O–H groups in total. The first-order valence-corrected chi connectivity index (χ1v) is 18.4. The van der Waals surface area contributed by atoms with Crippen molar-refractivity contribution >= 4 is 11.8 Å². The van der Waals surface area contributed by atoms with Gasteiger partial charge in [-0.2, -0.15) is 10.5 Å². The van der Waals surface area contributed by atoms with Crippen LogP contribution in [0.1, 0.15) is 48.9 Å². The number of benzene rings is 6. The Kier molecular flexibility index (Phi) is 8.73. The Hall–Kier alpha value is -6.27. The minimum atomic E-state index is -0.0866. The Morgan fingerprint density at radius 1 is 0.481 bits per heavy atom. The van der Waals surface area contributed by atoms with Gasteiger partial charge < -0.3 is 0 Å². The summed E-state index contributed by atoms with van der Waals surface area (Å²) in [5, 5.41) is 18.6. The molecule has 0 unspecified atom stereocenters. The molecule has 1 aliphatic heterocycles. The van der Waals surface area contributed by atoms with Crippen molar-refractivity contribution in [2.75, 3.05) is 0 Å². The molecule has 2 heterocycles. The van der Waals surface area contributed by atoms with E-state index in [1.807, 2.05) is 66.4 Å². The van der Waals surface area contributed by atoms with Crippen molar-refractivity contribution in [1.82, 2.24) is 9.97 Å². The Labute approximate surface area is 309 Å². The summed E-state index contributed by atoms with van der Waals surface area (Å²) >= 11 is 1.85. The van der Waals surface area contributed by atoms with Gasteiger partial charge in [-0.05, 0) is 107 Å². The SMILES string of the molecule is CCC1(CC)c2ccccc2Sc2ccc(-c3cc(-c4cccc(-c5ccc(C#N)cc5)c4)nc(-c4cccc(-c5ccc(C#N)cc5)c4)n3)cc21. The molecule has 8 rings (SSSR count). The van der Waals surface area contributed by atoms with Gasteiger partial charge in [-0.1, -0.05) is 111 Å². The highest BCUT2D eigenvalue weighted by Gasteiger charge is 2.38. The molecule has 0 atom stereocenters. The van der Waals surface area contributed by atoms with Crippen molar-refractivity contribution in [1.29, 1.82) is 10.5 Å². The van der Waals surface area contributed by atoms with Crippen molar-refractivity contribution in [2.45, 2.75) is 41.9 Å². The van der Waals surface area contributed by atoms with Gasteiger partial charge in [0.1, 0.15) is 0 Å². The van der Waals surface area contributed by atoms with E-state index in [4.69, 9.17) is 9.97 Å². The third kappa shape index (κ3) is 5.96. The van der Waals surface area contributed by atoms with E-state index in [2.05, 4.69) is 117 Å². The van der Waals surface area contributed by atoms with Crippen LogP contribution in [0.4, 0.5) is 0 Å². The van der Waals surface area contributed by atoms with E-state index in [9.17, 15) is 10.5 Å². The molecule has 5 heteroatoms. The lowest BCUT2D eigenvalue weighted by Crippen LogP contribution is -2.29. The molecule has 0 radical (unpaired) electrons. The second-order valence-electron chi connectivity index (χ2n) is 13.1. The molecule has 1 aromatic heterocycles. The highest BCUT2D eigenvalue weighted by atomic mass is 32.2. The number of fused-ring (bicyclic) bond motifs is 2. The molecule has 0 spiro atoms. The normalized spacial score (nSPS) is 12.6. The first-order valence-electron chi connectivity index (χ1n) is 17.5. The van der Waals surface area contributed by atoms with E-state index in [1.165, 1.54) is 20.9 Å². The van der Waals surface area contributed by atoms with Crippen LogP contribution in [0.15, 0.2) is 155 Å². The van der Waals surface area contributed by atoms with E-state index < -0.39 is 0 Å². The van der Waals surface area contributed by atoms with Gasteiger partial charge in [0, 0.05) is 31.9 Å². The van der Waals surface area contributed by atoms with Gasteiger partial charge in [0.05, 0.1) is 34.7 Å². The maximum atomic E-state index is 9.32. The Bertz CT molecular complexity index is 2420. The van der Waals surface area contributed by atoms with Crippen LogP contribution in [0.25, 0.3) is 56.2 Å². The summed E-state index contributed by atoms with van der Waals surface area (Å²) in [6.07, 6.45) is 2.00. The van der Waals surface area contributed by atoms with Crippen LogP contribution in [-0.4, -0.2) is 9.97 Å². The van der Waals surface area contributed by atoms with Gasteiger partial charge in [0.25, 0.3) is 0 Å². The quantitative estimate of drug-likeness (QED) is 0.167.